The molecule has 8 nitrogen and oxygen atoms in total. The summed E-state index contributed by atoms with van der Waals surface area (Å²) in [5, 5.41) is 58.5. The van der Waals surface area contributed by atoms with Crippen molar-refractivity contribution < 1.29 is 35.4 Å². The van der Waals surface area contributed by atoms with Crippen LogP contribution in [0.15, 0.2) is 30.3 Å². The van der Waals surface area contributed by atoms with E-state index >= 15 is 0 Å². The predicted octanol–water partition coefficient (Wildman–Crippen LogP) is -2.90. The van der Waals surface area contributed by atoms with Crippen molar-refractivity contribution in [2.45, 2.75) is 37.1 Å². The Kier molecular flexibility index (Phi) is 7.39. The number of rotatable bonds is 8. The van der Waals surface area contributed by atoms with Crippen molar-refractivity contribution in [3.05, 3.63) is 35.9 Å². The van der Waals surface area contributed by atoms with Gasteiger partial charge < -0.3 is 36.0 Å². The summed E-state index contributed by atoms with van der Waals surface area (Å²) in [5.74, 6) is -0.943. The zero-order chi connectivity index (χ0) is 16.7. The van der Waals surface area contributed by atoms with Crippen molar-refractivity contribution >= 4 is 5.91 Å². The van der Waals surface area contributed by atoms with Gasteiger partial charge >= 0.3 is 0 Å². The fourth-order valence-corrected chi connectivity index (χ4v) is 1.77. The first-order valence-corrected chi connectivity index (χ1v) is 6.71. The summed E-state index contributed by atoms with van der Waals surface area (Å²) in [7, 11) is 0. The van der Waals surface area contributed by atoms with E-state index in [2.05, 4.69) is 5.32 Å². The quantitative estimate of drug-likeness (QED) is 0.272. The third kappa shape index (κ3) is 5.02. The Morgan fingerprint density at radius 2 is 1.55 bits per heavy atom. The first kappa shape index (κ1) is 18.5. The van der Waals surface area contributed by atoms with E-state index in [0.717, 1.165) is 5.56 Å². The fourth-order valence-electron chi connectivity index (χ4n) is 1.77. The van der Waals surface area contributed by atoms with Crippen LogP contribution in [0.4, 0.5) is 0 Å². The molecule has 0 saturated carbocycles. The zero-order valence-electron chi connectivity index (χ0n) is 11.8. The molecule has 0 aromatic heterocycles. The van der Waals surface area contributed by atoms with Crippen LogP contribution < -0.4 is 5.32 Å². The van der Waals surface area contributed by atoms with Gasteiger partial charge in [0.1, 0.15) is 24.4 Å². The Bertz CT molecular complexity index is 456. The maximum atomic E-state index is 11.7. The largest absolute Gasteiger partial charge is 0.394 e. The number of hydrogen-bond acceptors (Lipinski definition) is 7. The van der Waals surface area contributed by atoms with Crippen LogP contribution in [0.5, 0.6) is 0 Å². The third-order valence-electron chi connectivity index (χ3n) is 3.18. The number of hydrogen-bond donors (Lipinski definition) is 7. The number of amides is 1. The van der Waals surface area contributed by atoms with E-state index in [1.807, 2.05) is 0 Å². The number of carbonyl (C=O) groups is 1. The molecule has 0 bridgehead atoms. The van der Waals surface area contributed by atoms with Crippen molar-refractivity contribution in [3.63, 3.8) is 0 Å². The summed E-state index contributed by atoms with van der Waals surface area (Å²) in [6, 6.07) is 8.83. The van der Waals surface area contributed by atoms with Crippen LogP contribution in [0, 0.1) is 0 Å². The minimum Gasteiger partial charge on any atom is -0.394 e. The summed E-state index contributed by atoms with van der Waals surface area (Å²) in [4.78, 5) is 11.7. The monoisotopic (exact) mass is 315 g/mol. The highest BCUT2D eigenvalue weighted by Crippen LogP contribution is 2.09. The minimum atomic E-state index is -2.02. The predicted molar refractivity (Wildman–Crippen MR) is 75.4 cm³/mol. The normalized spacial score (nSPS) is 18.1. The van der Waals surface area contributed by atoms with E-state index in [1.54, 1.807) is 30.3 Å². The van der Waals surface area contributed by atoms with Crippen LogP contribution in [0.1, 0.15) is 5.56 Å². The molecule has 5 atom stereocenters. The molecule has 0 saturated heterocycles. The van der Waals surface area contributed by atoms with Crippen molar-refractivity contribution in [3.8, 4) is 0 Å². The van der Waals surface area contributed by atoms with E-state index in [9.17, 15) is 25.2 Å². The van der Waals surface area contributed by atoms with Crippen LogP contribution in [-0.2, 0) is 11.3 Å². The van der Waals surface area contributed by atoms with Gasteiger partial charge in [0.25, 0.3) is 5.91 Å². The number of benzene rings is 1. The highest BCUT2D eigenvalue weighted by atomic mass is 16.4. The smallest absolute Gasteiger partial charge is 0.251 e. The second kappa shape index (κ2) is 8.79. The molecule has 0 spiro atoms. The van der Waals surface area contributed by atoms with Crippen molar-refractivity contribution in [1.82, 2.24) is 5.32 Å². The van der Waals surface area contributed by atoms with Gasteiger partial charge in [-0.2, -0.15) is 0 Å². The lowest BCUT2D eigenvalue weighted by Crippen LogP contribution is -2.53. The van der Waals surface area contributed by atoms with E-state index in [0.29, 0.717) is 0 Å². The average molecular weight is 315 g/mol. The number of aliphatic hydroxyl groups is 6. The molecular formula is C14H21NO7. The van der Waals surface area contributed by atoms with E-state index < -0.39 is 43.0 Å². The second-order valence-corrected chi connectivity index (χ2v) is 4.87. The van der Waals surface area contributed by atoms with Gasteiger partial charge in [-0.1, -0.05) is 30.3 Å². The van der Waals surface area contributed by atoms with Gasteiger partial charge in [-0.25, -0.2) is 0 Å². The molecule has 1 aromatic rings. The molecule has 0 aliphatic rings. The zero-order valence-corrected chi connectivity index (χ0v) is 11.8. The van der Waals surface area contributed by atoms with Gasteiger partial charge in [0, 0.05) is 6.54 Å². The topological polar surface area (TPSA) is 150 Å². The number of aliphatic hydroxyl groups excluding tert-OH is 6. The molecule has 7 N–H and O–H groups in total. The number of nitrogens with one attached hydrogen (secondary N) is 1. The maximum absolute atomic E-state index is 11.7. The van der Waals surface area contributed by atoms with Gasteiger partial charge in [0.05, 0.1) is 6.61 Å². The van der Waals surface area contributed by atoms with E-state index in [4.69, 9.17) is 10.2 Å². The maximum Gasteiger partial charge on any atom is 0.251 e. The Hall–Kier alpha value is -1.55. The van der Waals surface area contributed by atoms with Crippen LogP contribution in [-0.4, -0.2) is 73.7 Å². The second-order valence-electron chi connectivity index (χ2n) is 4.87. The van der Waals surface area contributed by atoms with E-state index in [-0.39, 0.29) is 6.54 Å². The third-order valence-corrected chi connectivity index (χ3v) is 3.18. The first-order chi connectivity index (χ1) is 10.4. The van der Waals surface area contributed by atoms with Crippen molar-refractivity contribution in [2.75, 3.05) is 6.61 Å². The molecule has 8 heteroatoms. The summed E-state index contributed by atoms with van der Waals surface area (Å²) in [6.07, 6.45) is -9.63. The molecule has 5 unspecified atom stereocenters. The van der Waals surface area contributed by atoms with Gasteiger partial charge in [-0.05, 0) is 5.56 Å². The summed E-state index contributed by atoms with van der Waals surface area (Å²) < 4.78 is 0. The Labute approximate surface area is 127 Å². The summed E-state index contributed by atoms with van der Waals surface area (Å²) in [5.41, 5.74) is 0.772. The first-order valence-electron chi connectivity index (χ1n) is 6.71. The Morgan fingerprint density at radius 1 is 0.955 bits per heavy atom. The lowest BCUT2D eigenvalue weighted by atomic mass is 9.99. The van der Waals surface area contributed by atoms with Gasteiger partial charge in [-0.3, -0.25) is 4.79 Å². The SMILES string of the molecule is O=C(NCc1ccccc1)C(O)C(O)C(O)C(O)C(O)CO. The summed E-state index contributed by atoms with van der Waals surface area (Å²) >= 11 is 0. The van der Waals surface area contributed by atoms with Gasteiger partial charge in [0.15, 0.2) is 6.10 Å². The average Bonchev–Trinajstić information content (AvgIpc) is 2.56. The molecule has 1 aromatic carbocycles. The van der Waals surface area contributed by atoms with Crippen LogP contribution in [0.25, 0.3) is 0 Å². The number of carbonyl (C=O) groups excluding carboxylic acids is 1. The summed E-state index contributed by atoms with van der Waals surface area (Å²) in [6.45, 7) is -0.734. The Balaban J connectivity index is 2.54. The van der Waals surface area contributed by atoms with Crippen molar-refractivity contribution in [2.24, 2.45) is 0 Å². The minimum absolute atomic E-state index is 0.112. The van der Waals surface area contributed by atoms with Gasteiger partial charge in [0.2, 0.25) is 0 Å². The molecule has 1 rings (SSSR count). The Morgan fingerprint density at radius 3 is 2.09 bits per heavy atom. The highest BCUT2D eigenvalue weighted by Gasteiger charge is 2.36. The van der Waals surface area contributed by atoms with E-state index in [1.165, 1.54) is 0 Å². The molecule has 22 heavy (non-hydrogen) atoms. The molecule has 0 heterocycles. The molecule has 0 aliphatic carbocycles. The van der Waals surface area contributed by atoms with Crippen LogP contribution >= 0.6 is 0 Å². The van der Waals surface area contributed by atoms with Crippen LogP contribution in [0.2, 0.25) is 0 Å². The van der Waals surface area contributed by atoms with Crippen LogP contribution in [0.3, 0.4) is 0 Å². The molecular weight excluding hydrogens is 294 g/mol. The molecule has 0 fully saturated rings. The van der Waals surface area contributed by atoms with Gasteiger partial charge in [-0.15, -0.1) is 0 Å². The lowest BCUT2D eigenvalue weighted by molar-refractivity contribution is -0.157. The lowest BCUT2D eigenvalue weighted by Gasteiger charge is -2.27. The molecule has 124 valence electrons. The fraction of sp³-hybridized carbons (Fsp3) is 0.500. The standard InChI is InChI=1S/C14H21NO7/c16-7-9(17)10(18)11(19)12(20)13(21)14(22)15-6-8-4-2-1-3-5-8/h1-5,9-13,16-21H,6-7H2,(H,15,22). The molecule has 0 aliphatic heterocycles. The molecule has 1 amide bonds. The highest BCUT2D eigenvalue weighted by molar-refractivity contribution is 5.81. The molecule has 0 radical (unpaired) electrons. The van der Waals surface area contributed by atoms with Crippen molar-refractivity contribution in [1.29, 1.82) is 0 Å².